The number of hydrogen-bond acceptors (Lipinski definition) is 3. The fourth-order valence-electron chi connectivity index (χ4n) is 5.36. The lowest BCUT2D eigenvalue weighted by Crippen LogP contribution is -2.35. The molecule has 0 radical (unpaired) electrons. The molecular formula is C27H33FN2OS. The Labute approximate surface area is 195 Å². The molecule has 1 unspecified atom stereocenters. The summed E-state index contributed by atoms with van der Waals surface area (Å²) in [6, 6.07) is 11.6. The SMILES string of the molecule is CC1(C)Cc2cc(C(=O)NSC3CC3)ccc2NC1c1cc(F)cc(C2CCCCC2)c1. The van der Waals surface area contributed by atoms with E-state index in [1.807, 2.05) is 18.2 Å². The van der Waals surface area contributed by atoms with E-state index in [4.69, 9.17) is 0 Å². The number of fused-ring (bicyclic) bond motifs is 1. The van der Waals surface area contributed by atoms with Crippen molar-refractivity contribution in [1.29, 1.82) is 0 Å². The van der Waals surface area contributed by atoms with Gasteiger partial charge in [-0.05, 0) is 102 Å². The number of amides is 1. The molecular weight excluding hydrogens is 419 g/mol. The molecule has 1 aliphatic heterocycles. The van der Waals surface area contributed by atoms with Crippen LogP contribution in [0.15, 0.2) is 36.4 Å². The number of anilines is 1. The molecule has 2 aromatic carbocycles. The van der Waals surface area contributed by atoms with E-state index in [-0.39, 0.29) is 23.2 Å². The minimum absolute atomic E-state index is 0.0214. The van der Waals surface area contributed by atoms with Gasteiger partial charge in [0.25, 0.3) is 5.91 Å². The Balaban J connectivity index is 1.39. The summed E-state index contributed by atoms with van der Waals surface area (Å²) >= 11 is 1.54. The minimum Gasteiger partial charge on any atom is -0.377 e. The van der Waals surface area contributed by atoms with Gasteiger partial charge in [-0.3, -0.25) is 9.52 Å². The van der Waals surface area contributed by atoms with Crippen molar-refractivity contribution in [3.8, 4) is 0 Å². The Hall–Kier alpha value is -2.01. The van der Waals surface area contributed by atoms with Crippen molar-refractivity contribution in [2.24, 2.45) is 5.41 Å². The molecule has 5 heteroatoms. The van der Waals surface area contributed by atoms with Gasteiger partial charge >= 0.3 is 0 Å². The molecule has 32 heavy (non-hydrogen) atoms. The van der Waals surface area contributed by atoms with Crippen LogP contribution in [0.1, 0.15) is 97.8 Å². The van der Waals surface area contributed by atoms with Crippen molar-refractivity contribution < 1.29 is 9.18 Å². The van der Waals surface area contributed by atoms with Crippen LogP contribution in [0.3, 0.4) is 0 Å². The second kappa shape index (κ2) is 8.74. The molecule has 0 saturated heterocycles. The summed E-state index contributed by atoms with van der Waals surface area (Å²) in [4.78, 5) is 12.5. The van der Waals surface area contributed by atoms with Gasteiger partial charge in [-0.2, -0.15) is 0 Å². The third-order valence-corrected chi connectivity index (χ3v) is 8.40. The molecule has 2 aromatic rings. The highest BCUT2D eigenvalue weighted by Gasteiger charge is 2.37. The molecule has 2 fully saturated rings. The zero-order valence-corrected chi connectivity index (χ0v) is 19.9. The van der Waals surface area contributed by atoms with E-state index in [2.05, 4.69) is 30.0 Å². The normalized spacial score (nSPS) is 22.7. The summed E-state index contributed by atoms with van der Waals surface area (Å²) in [5.74, 6) is 0.324. The van der Waals surface area contributed by atoms with Crippen LogP contribution in [0.4, 0.5) is 10.1 Å². The topological polar surface area (TPSA) is 41.1 Å². The maximum absolute atomic E-state index is 14.7. The van der Waals surface area contributed by atoms with E-state index >= 15 is 0 Å². The van der Waals surface area contributed by atoms with Gasteiger partial charge in [-0.15, -0.1) is 0 Å². The van der Waals surface area contributed by atoms with E-state index in [1.165, 1.54) is 32.1 Å². The van der Waals surface area contributed by atoms with Gasteiger partial charge in [0.1, 0.15) is 5.82 Å². The highest BCUT2D eigenvalue weighted by Crippen LogP contribution is 2.46. The number of carbonyl (C=O) groups excluding carboxylic acids is 1. The van der Waals surface area contributed by atoms with Crippen LogP contribution < -0.4 is 10.0 Å². The molecule has 2 saturated carbocycles. The number of halogens is 1. The van der Waals surface area contributed by atoms with Gasteiger partial charge in [0.2, 0.25) is 0 Å². The predicted octanol–water partition coefficient (Wildman–Crippen LogP) is 7.15. The van der Waals surface area contributed by atoms with Crippen LogP contribution in [-0.4, -0.2) is 11.2 Å². The molecule has 1 heterocycles. The Kier molecular flexibility index (Phi) is 5.96. The summed E-state index contributed by atoms with van der Waals surface area (Å²) in [6.07, 6.45) is 9.33. The Morgan fingerprint density at radius 3 is 2.53 bits per heavy atom. The second-order valence-corrected chi connectivity index (χ2v) is 11.6. The van der Waals surface area contributed by atoms with Crippen molar-refractivity contribution in [1.82, 2.24) is 4.72 Å². The van der Waals surface area contributed by atoms with E-state index in [1.54, 1.807) is 24.1 Å². The van der Waals surface area contributed by atoms with E-state index < -0.39 is 0 Å². The van der Waals surface area contributed by atoms with E-state index in [0.29, 0.717) is 16.7 Å². The van der Waals surface area contributed by atoms with E-state index in [0.717, 1.165) is 41.6 Å². The van der Waals surface area contributed by atoms with Crippen LogP contribution in [-0.2, 0) is 6.42 Å². The van der Waals surface area contributed by atoms with Crippen molar-refractivity contribution in [3.05, 3.63) is 64.5 Å². The highest BCUT2D eigenvalue weighted by atomic mass is 32.2. The van der Waals surface area contributed by atoms with Gasteiger partial charge in [0, 0.05) is 16.5 Å². The van der Waals surface area contributed by atoms with Crippen LogP contribution in [0.25, 0.3) is 0 Å². The summed E-state index contributed by atoms with van der Waals surface area (Å²) in [5, 5.41) is 4.27. The lowest BCUT2D eigenvalue weighted by molar-refractivity contribution is 0.0984. The Bertz CT molecular complexity index is 1010. The van der Waals surface area contributed by atoms with Gasteiger partial charge in [-0.1, -0.05) is 39.2 Å². The molecule has 0 spiro atoms. The third kappa shape index (κ3) is 4.68. The first-order chi connectivity index (χ1) is 15.4. The third-order valence-electron chi connectivity index (χ3n) is 7.29. The molecule has 170 valence electrons. The molecule has 0 bridgehead atoms. The Morgan fingerprint density at radius 2 is 1.78 bits per heavy atom. The average molecular weight is 453 g/mol. The zero-order chi connectivity index (χ0) is 22.3. The molecule has 1 amide bonds. The summed E-state index contributed by atoms with van der Waals surface area (Å²) in [5.41, 5.74) is 4.98. The van der Waals surface area contributed by atoms with Gasteiger partial charge < -0.3 is 5.32 Å². The van der Waals surface area contributed by atoms with Crippen LogP contribution in [0, 0.1) is 11.2 Å². The van der Waals surface area contributed by atoms with Crippen molar-refractivity contribution >= 4 is 23.5 Å². The molecule has 1 atom stereocenters. The lowest BCUT2D eigenvalue weighted by Gasteiger charge is -2.41. The van der Waals surface area contributed by atoms with Gasteiger partial charge in [0.15, 0.2) is 0 Å². The van der Waals surface area contributed by atoms with Crippen LogP contribution in [0.5, 0.6) is 0 Å². The number of hydrogen-bond donors (Lipinski definition) is 2. The molecule has 5 rings (SSSR count). The van der Waals surface area contributed by atoms with Crippen LogP contribution in [0.2, 0.25) is 0 Å². The molecule has 3 aliphatic rings. The average Bonchev–Trinajstić information content (AvgIpc) is 3.61. The maximum atomic E-state index is 14.7. The zero-order valence-electron chi connectivity index (χ0n) is 19.0. The monoisotopic (exact) mass is 452 g/mol. The first kappa shape index (κ1) is 21.8. The van der Waals surface area contributed by atoms with E-state index in [9.17, 15) is 9.18 Å². The summed E-state index contributed by atoms with van der Waals surface area (Å²) < 4.78 is 17.7. The number of rotatable bonds is 5. The quantitative estimate of drug-likeness (QED) is 0.473. The lowest BCUT2D eigenvalue weighted by atomic mass is 9.72. The minimum atomic E-state index is -0.133. The maximum Gasteiger partial charge on any atom is 0.261 e. The first-order valence-corrected chi connectivity index (χ1v) is 12.9. The summed E-state index contributed by atoms with van der Waals surface area (Å²) in [6.45, 7) is 4.46. The number of carbonyl (C=O) groups is 1. The van der Waals surface area contributed by atoms with Gasteiger partial charge in [-0.25, -0.2) is 4.39 Å². The second-order valence-electron chi connectivity index (χ2n) is 10.5. The summed E-state index contributed by atoms with van der Waals surface area (Å²) in [7, 11) is 0. The molecule has 0 aromatic heterocycles. The molecule has 2 N–H and O–H groups in total. The smallest absolute Gasteiger partial charge is 0.261 e. The molecule has 2 aliphatic carbocycles. The van der Waals surface area contributed by atoms with Crippen molar-refractivity contribution in [2.75, 3.05) is 5.32 Å². The fourth-order valence-corrected chi connectivity index (χ4v) is 6.12. The first-order valence-electron chi connectivity index (χ1n) is 12.0. The number of benzene rings is 2. The van der Waals surface area contributed by atoms with Crippen molar-refractivity contribution in [3.63, 3.8) is 0 Å². The number of nitrogens with one attached hydrogen (secondary N) is 2. The van der Waals surface area contributed by atoms with Crippen molar-refractivity contribution in [2.45, 2.75) is 82.4 Å². The molecule has 3 nitrogen and oxygen atoms in total. The standard InChI is InChI=1S/C27H33FN2OS/c1-27(2)16-21-12-18(26(31)30-32-23-9-10-23)8-11-24(21)29-25(27)20-13-19(14-22(28)15-20)17-6-4-3-5-7-17/h8,11-15,17,23,25,29H,3-7,9-10,16H2,1-2H3,(H,30,31). The highest BCUT2D eigenvalue weighted by molar-refractivity contribution is 7.98. The van der Waals surface area contributed by atoms with Crippen LogP contribution >= 0.6 is 11.9 Å². The van der Waals surface area contributed by atoms with Gasteiger partial charge in [0.05, 0.1) is 6.04 Å². The largest absolute Gasteiger partial charge is 0.377 e. The fraction of sp³-hybridized carbons (Fsp3) is 0.519. The Morgan fingerprint density at radius 1 is 1.03 bits per heavy atom. The predicted molar refractivity (Wildman–Crippen MR) is 131 cm³/mol.